The second kappa shape index (κ2) is 7.24. The lowest BCUT2D eigenvalue weighted by Gasteiger charge is -2.11. The Kier molecular flexibility index (Phi) is 4.42. The Morgan fingerprint density at radius 3 is 2.86 bits per heavy atom. The average Bonchev–Trinajstić information content (AvgIpc) is 3.47. The highest BCUT2D eigenvalue weighted by molar-refractivity contribution is 5.81. The lowest BCUT2D eigenvalue weighted by Crippen LogP contribution is -2.20. The minimum absolute atomic E-state index is 0.0523. The third-order valence-corrected chi connectivity index (χ3v) is 5.51. The number of hydrogen-bond donors (Lipinski definition) is 1. The second-order valence-electron chi connectivity index (χ2n) is 7.32. The maximum atomic E-state index is 12.5. The lowest BCUT2D eigenvalue weighted by atomic mass is 10.1. The van der Waals surface area contributed by atoms with Crippen molar-refractivity contribution in [3.8, 4) is 28.6 Å². The van der Waals surface area contributed by atoms with Gasteiger partial charge in [0.1, 0.15) is 5.75 Å². The molecule has 0 amide bonds. The minimum Gasteiger partial charge on any atom is -0.493 e. The molecule has 29 heavy (non-hydrogen) atoms. The highest BCUT2D eigenvalue weighted by atomic mass is 16.5. The van der Waals surface area contributed by atoms with Crippen molar-refractivity contribution < 1.29 is 9.26 Å². The molecule has 1 aliphatic carbocycles. The van der Waals surface area contributed by atoms with E-state index in [9.17, 15) is 4.79 Å². The molecule has 0 atom stereocenters. The SMILES string of the molecule is CCOc1ccccc1-c1nc(-c2ccc3c(c2)[nH]c(=O)n3C2CCCC2)no1. The second-order valence-corrected chi connectivity index (χ2v) is 7.32. The molecule has 0 spiro atoms. The molecule has 0 bridgehead atoms. The summed E-state index contributed by atoms with van der Waals surface area (Å²) < 4.78 is 13.0. The van der Waals surface area contributed by atoms with Crippen LogP contribution in [0.5, 0.6) is 5.75 Å². The Bertz CT molecular complexity index is 1210. The number of benzene rings is 2. The fraction of sp³-hybridized carbons (Fsp3) is 0.318. The molecule has 0 aliphatic heterocycles. The van der Waals surface area contributed by atoms with Crippen LogP contribution in [0.4, 0.5) is 0 Å². The summed E-state index contributed by atoms with van der Waals surface area (Å²) in [7, 11) is 0. The molecule has 5 rings (SSSR count). The fourth-order valence-electron chi connectivity index (χ4n) is 4.17. The number of aromatic nitrogens is 4. The van der Waals surface area contributed by atoms with Gasteiger partial charge in [0.25, 0.3) is 5.89 Å². The molecular weight excluding hydrogens is 368 g/mol. The topological polar surface area (TPSA) is 85.9 Å². The van der Waals surface area contributed by atoms with Crippen LogP contribution < -0.4 is 10.4 Å². The maximum absolute atomic E-state index is 12.5. The number of fused-ring (bicyclic) bond motifs is 1. The number of para-hydroxylation sites is 1. The smallest absolute Gasteiger partial charge is 0.326 e. The molecule has 1 saturated carbocycles. The van der Waals surface area contributed by atoms with Gasteiger partial charge in [0, 0.05) is 11.6 Å². The minimum atomic E-state index is -0.0523. The Morgan fingerprint density at radius 2 is 2.03 bits per heavy atom. The normalized spacial score (nSPS) is 14.7. The molecule has 1 N–H and O–H groups in total. The Balaban J connectivity index is 1.52. The van der Waals surface area contributed by atoms with E-state index in [1.54, 1.807) is 0 Å². The van der Waals surface area contributed by atoms with Gasteiger partial charge in [-0.2, -0.15) is 4.98 Å². The molecule has 0 unspecified atom stereocenters. The number of hydrogen-bond acceptors (Lipinski definition) is 5. The van der Waals surface area contributed by atoms with Crippen LogP contribution in [0, 0.1) is 0 Å². The summed E-state index contributed by atoms with van der Waals surface area (Å²) in [5.74, 6) is 1.59. The van der Waals surface area contributed by atoms with Gasteiger partial charge in [-0.25, -0.2) is 4.79 Å². The zero-order chi connectivity index (χ0) is 19.8. The molecule has 1 fully saturated rings. The van der Waals surface area contributed by atoms with Gasteiger partial charge < -0.3 is 14.2 Å². The van der Waals surface area contributed by atoms with E-state index in [2.05, 4.69) is 15.1 Å². The predicted octanol–water partition coefficient (Wildman–Crippen LogP) is 4.56. The fourth-order valence-corrected chi connectivity index (χ4v) is 4.17. The molecule has 0 saturated heterocycles. The molecule has 148 valence electrons. The Labute approximate surface area is 167 Å². The molecule has 2 aromatic carbocycles. The summed E-state index contributed by atoms with van der Waals surface area (Å²) in [5.41, 5.74) is 3.22. The standard InChI is InChI=1S/C22H22N4O3/c1-2-28-19-10-6-5-9-16(19)21-24-20(25-29-21)14-11-12-18-17(13-14)23-22(27)26(18)15-7-3-4-8-15/h5-6,9-13,15H,2-4,7-8H2,1H3,(H,23,27). The van der Waals surface area contributed by atoms with Crippen molar-refractivity contribution in [3.63, 3.8) is 0 Å². The number of H-pyrrole nitrogens is 1. The monoisotopic (exact) mass is 390 g/mol. The molecular formula is C22H22N4O3. The van der Waals surface area contributed by atoms with Gasteiger partial charge in [-0.15, -0.1) is 0 Å². The lowest BCUT2D eigenvalue weighted by molar-refractivity contribution is 0.339. The van der Waals surface area contributed by atoms with Gasteiger partial charge >= 0.3 is 5.69 Å². The first-order valence-electron chi connectivity index (χ1n) is 10.0. The van der Waals surface area contributed by atoms with E-state index in [0.717, 1.165) is 35.0 Å². The van der Waals surface area contributed by atoms with Crippen LogP contribution in [-0.4, -0.2) is 26.3 Å². The zero-order valence-electron chi connectivity index (χ0n) is 16.2. The summed E-state index contributed by atoms with van der Waals surface area (Å²) in [6.45, 7) is 2.49. The van der Waals surface area contributed by atoms with Gasteiger partial charge in [-0.05, 0) is 50.1 Å². The van der Waals surface area contributed by atoms with Crippen LogP contribution in [0.2, 0.25) is 0 Å². The third-order valence-electron chi connectivity index (χ3n) is 5.51. The van der Waals surface area contributed by atoms with Crippen molar-refractivity contribution in [2.45, 2.75) is 38.6 Å². The highest BCUT2D eigenvalue weighted by Crippen LogP contribution is 2.33. The highest BCUT2D eigenvalue weighted by Gasteiger charge is 2.22. The van der Waals surface area contributed by atoms with E-state index < -0.39 is 0 Å². The van der Waals surface area contributed by atoms with E-state index in [0.29, 0.717) is 24.1 Å². The molecule has 2 aromatic heterocycles. The number of imidazole rings is 1. The zero-order valence-corrected chi connectivity index (χ0v) is 16.2. The van der Waals surface area contributed by atoms with Crippen LogP contribution in [0.15, 0.2) is 51.8 Å². The summed E-state index contributed by atoms with van der Waals surface area (Å²) in [4.78, 5) is 20.0. The van der Waals surface area contributed by atoms with Crippen LogP contribution in [-0.2, 0) is 0 Å². The molecule has 2 heterocycles. The van der Waals surface area contributed by atoms with Crippen LogP contribution in [0.3, 0.4) is 0 Å². The number of aromatic amines is 1. The number of ether oxygens (including phenoxy) is 1. The van der Waals surface area contributed by atoms with E-state index in [1.807, 2.05) is 54.0 Å². The average molecular weight is 390 g/mol. The van der Waals surface area contributed by atoms with Crippen LogP contribution >= 0.6 is 0 Å². The van der Waals surface area contributed by atoms with Crippen molar-refractivity contribution in [1.82, 2.24) is 19.7 Å². The third kappa shape index (κ3) is 3.12. The van der Waals surface area contributed by atoms with Gasteiger partial charge in [-0.3, -0.25) is 4.57 Å². The number of nitrogens with one attached hydrogen (secondary N) is 1. The molecule has 4 aromatic rings. The van der Waals surface area contributed by atoms with E-state index in [-0.39, 0.29) is 11.7 Å². The summed E-state index contributed by atoms with van der Waals surface area (Å²) >= 11 is 0. The largest absolute Gasteiger partial charge is 0.493 e. The first-order chi connectivity index (χ1) is 14.2. The molecule has 7 nitrogen and oxygen atoms in total. The quantitative estimate of drug-likeness (QED) is 0.540. The molecule has 0 radical (unpaired) electrons. The van der Waals surface area contributed by atoms with Crippen LogP contribution in [0.1, 0.15) is 38.6 Å². The van der Waals surface area contributed by atoms with Gasteiger partial charge in [-0.1, -0.05) is 30.1 Å². The van der Waals surface area contributed by atoms with Gasteiger partial charge in [0.15, 0.2) is 0 Å². The van der Waals surface area contributed by atoms with Crippen molar-refractivity contribution in [2.75, 3.05) is 6.61 Å². The molecule has 7 heteroatoms. The first kappa shape index (κ1) is 17.7. The van der Waals surface area contributed by atoms with Crippen molar-refractivity contribution in [3.05, 3.63) is 52.9 Å². The van der Waals surface area contributed by atoms with Crippen molar-refractivity contribution in [1.29, 1.82) is 0 Å². The van der Waals surface area contributed by atoms with E-state index in [1.165, 1.54) is 12.8 Å². The summed E-state index contributed by atoms with van der Waals surface area (Å²) in [6.07, 6.45) is 4.47. The number of nitrogens with zero attached hydrogens (tertiary/aromatic N) is 3. The van der Waals surface area contributed by atoms with Crippen molar-refractivity contribution in [2.24, 2.45) is 0 Å². The Morgan fingerprint density at radius 1 is 1.21 bits per heavy atom. The maximum Gasteiger partial charge on any atom is 0.326 e. The first-order valence-corrected chi connectivity index (χ1v) is 10.0. The van der Waals surface area contributed by atoms with Crippen molar-refractivity contribution >= 4 is 11.0 Å². The number of rotatable bonds is 5. The summed E-state index contributed by atoms with van der Waals surface area (Å²) in [5, 5.41) is 4.14. The molecule has 1 aliphatic rings. The van der Waals surface area contributed by atoms with Crippen LogP contribution in [0.25, 0.3) is 33.9 Å². The predicted molar refractivity (Wildman–Crippen MR) is 110 cm³/mol. The Hall–Kier alpha value is -3.35. The summed E-state index contributed by atoms with van der Waals surface area (Å²) in [6, 6.07) is 13.7. The van der Waals surface area contributed by atoms with E-state index >= 15 is 0 Å². The van der Waals surface area contributed by atoms with Gasteiger partial charge in [0.2, 0.25) is 5.82 Å². The van der Waals surface area contributed by atoms with E-state index in [4.69, 9.17) is 9.26 Å². The van der Waals surface area contributed by atoms with Gasteiger partial charge in [0.05, 0.1) is 23.2 Å².